The van der Waals surface area contributed by atoms with Gasteiger partial charge >= 0.3 is 6.61 Å². The zero-order valence-corrected chi connectivity index (χ0v) is 18.5. The van der Waals surface area contributed by atoms with Crippen LogP contribution in [0, 0.1) is 5.92 Å². The normalized spacial score (nSPS) is 27.7. The number of rotatable bonds is 6. The van der Waals surface area contributed by atoms with E-state index in [0.29, 0.717) is 29.5 Å². The third-order valence-electron chi connectivity index (χ3n) is 7.62. The van der Waals surface area contributed by atoms with Crippen LogP contribution in [0.2, 0.25) is 0 Å². The highest BCUT2D eigenvalue weighted by Crippen LogP contribution is 2.61. The fourth-order valence-electron chi connectivity index (χ4n) is 5.94. The van der Waals surface area contributed by atoms with Crippen LogP contribution < -0.4 is 10.5 Å². The van der Waals surface area contributed by atoms with Crippen LogP contribution in [0.5, 0.6) is 5.75 Å². The fraction of sp³-hybridized carbons (Fsp3) is 0.583. The topological polar surface area (TPSA) is 78.4 Å². The third kappa shape index (κ3) is 3.91. The van der Waals surface area contributed by atoms with Crippen molar-refractivity contribution in [2.45, 2.75) is 56.7 Å². The van der Waals surface area contributed by atoms with E-state index in [4.69, 9.17) is 15.6 Å². The second kappa shape index (κ2) is 8.36. The van der Waals surface area contributed by atoms with Crippen molar-refractivity contribution >= 4 is 5.82 Å². The zero-order chi connectivity index (χ0) is 22.5. The molecule has 0 amide bonds. The Labute approximate surface area is 191 Å². The van der Waals surface area contributed by atoms with Gasteiger partial charge in [0.05, 0.1) is 24.9 Å². The van der Waals surface area contributed by atoms with Crippen LogP contribution in [0.1, 0.15) is 49.8 Å². The molecule has 0 radical (unpaired) electrons. The minimum atomic E-state index is -2.95. The van der Waals surface area contributed by atoms with Gasteiger partial charge in [0, 0.05) is 42.5 Å². The number of halogens is 2. The number of hydrogen-bond donors (Lipinski definition) is 1. The van der Waals surface area contributed by atoms with Crippen molar-refractivity contribution in [2.75, 3.05) is 32.0 Å². The predicted octanol–water partition coefficient (Wildman–Crippen LogP) is 3.99. The maximum atomic E-state index is 12.8. The van der Waals surface area contributed by atoms with Crippen molar-refractivity contribution in [1.82, 2.24) is 19.7 Å². The molecular weight excluding hydrogens is 428 g/mol. The van der Waals surface area contributed by atoms with Crippen molar-refractivity contribution in [3.8, 4) is 17.0 Å². The Bertz CT molecular complexity index is 1060. The number of aromatic nitrogens is 3. The van der Waals surface area contributed by atoms with Gasteiger partial charge in [-0.25, -0.2) is 4.98 Å². The third-order valence-corrected chi connectivity index (χ3v) is 7.62. The van der Waals surface area contributed by atoms with Gasteiger partial charge in [-0.1, -0.05) is 24.5 Å². The molecule has 7 nitrogen and oxygen atoms in total. The van der Waals surface area contributed by atoms with Crippen molar-refractivity contribution in [3.63, 3.8) is 0 Å². The van der Waals surface area contributed by atoms with E-state index in [0.717, 1.165) is 51.3 Å². The highest BCUT2D eigenvalue weighted by molar-refractivity contribution is 5.65. The molecule has 0 aromatic carbocycles. The number of fused-ring (bicyclic) bond motifs is 1. The summed E-state index contributed by atoms with van der Waals surface area (Å²) in [4.78, 5) is 6.60. The molecule has 1 aliphatic heterocycles. The van der Waals surface area contributed by atoms with Crippen molar-refractivity contribution in [2.24, 2.45) is 5.92 Å². The van der Waals surface area contributed by atoms with Crippen molar-refractivity contribution < 1.29 is 18.3 Å². The van der Waals surface area contributed by atoms with E-state index in [2.05, 4.69) is 31.4 Å². The van der Waals surface area contributed by atoms with Gasteiger partial charge in [-0.2, -0.15) is 13.9 Å². The lowest BCUT2D eigenvalue weighted by molar-refractivity contribution is -0.0494. The molecule has 4 aliphatic rings. The van der Waals surface area contributed by atoms with E-state index < -0.39 is 6.61 Å². The van der Waals surface area contributed by atoms with Gasteiger partial charge in [0.1, 0.15) is 0 Å². The zero-order valence-electron chi connectivity index (χ0n) is 18.5. The maximum Gasteiger partial charge on any atom is 0.387 e. The first-order valence-corrected chi connectivity index (χ1v) is 11.9. The van der Waals surface area contributed by atoms with E-state index >= 15 is 0 Å². The number of nitrogen functional groups attached to an aromatic ring is 1. The van der Waals surface area contributed by atoms with Crippen LogP contribution >= 0.6 is 0 Å². The van der Waals surface area contributed by atoms with Crippen LogP contribution in [0.15, 0.2) is 30.0 Å². The van der Waals surface area contributed by atoms with E-state index in [-0.39, 0.29) is 11.6 Å². The minimum absolute atomic E-state index is 0.0504. The van der Waals surface area contributed by atoms with Gasteiger partial charge in [0.15, 0.2) is 11.6 Å². The molecule has 2 aromatic heterocycles. The summed E-state index contributed by atoms with van der Waals surface area (Å²) in [6.07, 6.45) is 9.88. The number of morpholine rings is 1. The van der Waals surface area contributed by atoms with Crippen LogP contribution in [0.25, 0.3) is 11.3 Å². The van der Waals surface area contributed by atoms with Crippen molar-refractivity contribution in [3.05, 3.63) is 35.7 Å². The Morgan fingerprint density at radius 3 is 2.64 bits per heavy atom. The SMILES string of the molecule is Nc1ncc(-c2cc([C@@H]3C4=CC(N5CCOCC5)C[C@H]43)n(C3CCCC3)n2)cc1OC(F)F. The quantitative estimate of drug-likeness (QED) is 0.661. The Morgan fingerprint density at radius 2 is 1.94 bits per heavy atom. The molecule has 9 heteroatoms. The highest BCUT2D eigenvalue weighted by Gasteiger charge is 2.52. The van der Waals surface area contributed by atoms with Crippen LogP contribution in [-0.2, 0) is 4.74 Å². The first-order valence-electron chi connectivity index (χ1n) is 11.9. The van der Waals surface area contributed by atoms with Gasteiger partial charge in [-0.15, -0.1) is 0 Å². The first kappa shape index (κ1) is 21.0. The van der Waals surface area contributed by atoms with Gasteiger partial charge in [0.25, 0.3) is 0 Å². The molecule has 176 valence electrons. The summed E-state index contributed by atoms with van der Waals surface area (Å²) in [7, 11) is 0. The molecule has 2 aromatic rings. The molecule has 3 heterocycles. The van der Waals surface area contributed by atoms with Crippen molar-refractivity contribution in [1.29, 1.82) is 0 Å². The number of pyridine rings is 1. The molecule has 1 saturated heterocycles. The average Bonchev–Trinajstić information content (AvgIpc) is 3.32. The molecule has 6 rings (SSSR count). The number of anilines is 1. The van der Waals surface area contributed by atoms with E-state index in [1.807, 2.05) is 0 Å². The summed E-state index contributed by atoms with van der Waals surface area (Å²) in [6, 6.07) is 4.54. The smallest absolute Gasteiger partial charge is 0.387 e. The molecule has 2 N–H and O–H groups in total. The number of allylic oxidation sites excluding steroid dienone is 1. The highest BCUT2D eigenvalue weighted by atomic mass is 19.3. The van der Waals surface area contributed by atoms with Gasteiger partial charge in [-0.3, -0.25) is 9.58 Å². The van der Waals surface area contributed by atoms with Gasteiger partial charge in [-0.05, 0) is 37.3 Å². The lowest BCUT2D eigenvalue weighted by Crippen LogP contribution is -2.42. The maximum absolute atomic E-state index is 12.8. The summed E-state index contributed by atoms with van der Waals surface area (Å²) >= 11 is 0. The monoisotopic (exact) mass is 457 g/mol. The second-order valence-electron chi connectivity index (χ2n) is 9.53. The van der Waals surface area contributed by atoms with Gasteiger partial charge in [0.2, 0.25) is 0 Å². The molecule has 3 fully saturated rings. The summed E-state index contributed by atoms with van der Waals surface area (Å²) in [5.74, 6) is 0.817. The molecule has 2 saturated carbocycles. The molecule has 0 bridgehead atoms. The Balaban J connectivity index is 1.30. The summed E-state index contributed by atoms with van der Waals surface area (Å²) in [5, 5.41) is 4.95. The standard InChI is InChI=1S/C24H29F2N5O2/c25-24(26)33-21-9-14(13-28-23(21)27)19-12-20(31(29-19)15-3-1-2-4-15)22-17-10-16(11-18(17)22)30-5-7-32-8-6-30/h9-10,12-13,15-16,18,22,24H,1-8,11H2,(H2,27,28)/t16?,18-,22-/m1/s1. The summed E-state index contributed by atoms with van der Waals surface area (Å²) < 4.78 is 37.8. The van der Waals surface area contributed by atoms with Crippen LogP contribution in [0.3, 0.4) is 0 Å². The average molecular weight is 458 g/mol. The summed E-state index contributed by atoms with van der Waals surface area (Å²) in [6.45, 7) is 0.691. The number of ether oxygens (including phenoxy) is 2. The molecule has 33 heavy (non-hydrogen) atoms. The fourth-order valence-corrected chi connectivity index (χ4v) is 5.94. The first-order chi connectivity index (χ1) is 16.1. The minimum Gasteiger partial charge on any atom is -0.431 e. The largest absolute Gasteiger partial charge is 0.431 e. The Kier molecular flexibility index (Phi) is 5.33. The number of nitrogens with zero attached hydrogens (tertiary/aromatic N) is 4. The van der Waals surface area contributed by atoms with E-state index in [9.17, 15) is 8.78 Å². The number of nitrogens with two attached hydrogens (primary N) is 1. The molecular formula is C24H29F2N5O2. The predicted molar refractivity (Wildman–Crippen MR) is 119 cm³/mol. The molecule has 3 aliphatic carbocycles. The van der Waals surface area contributed by atoms with Gasteiger partial charge < -0.3 is 15.2 Å². The Hall–Kier alpha value is -2.52. The van der Waals surface area contributed by atoms with E-state index in [1.54, 1.807) is 6.20 Å². The number of hydrogen-bond acceptors (Lipinski definition) is 6. The van der Waals surface area contributed by atoms with E-state index in [1.165, 1.54) is 30.2 Å². The van der Waals surface area contributed by atoms with Crippen LogP contribution in [0.4, 0.5) is 14.6 Å². The molecule has 0 spiro atoms. The second-order valence-corrected chi connectivity index (χ2v) is 9.53. The number of alkyl halides is 2. The lowest BCUT2D eigenvalue weighted by Gasteiger charge is -2.32. The lowest BCUT2D eigenvalue weighted by atomic mass is 10.0. The Morgan fingerprint density at radius 1 is 1.15 bits per heavy atom. The summed E-state index contributed by atoms with van der Waals surface area (Å²) in [5.41, 5.74) is 9.87. The molecule has 1 unspecified atom stereocenters. The molecule has 3 atom stereocenters. The van der Waals surface area contributed by atoms with Crippen LogP contribution in [-0.4, -0.2) is 58.6 Å².